The van der Waals surface area contributed by atoms with Gasteiger partial charge >= 0.3 is 0 Å². The van der Waals surface area contributed by atoms with Crippen LogP contribution in [0.2, 0.25) is 0 Å². The second-order valence-electron chi connectivity index (χ2n) is 8.30. The first-order valence-corrected chi connectivity index (χ1v) is 8.88. The summed E-state index contributed by atoms with van der Waals surface area (Å²) in [7, 11) is 0. The van der Waals surface area contributed by atoms with Crippen LogP contribution < -0.4 is 5.32 Å². The monoisotopic (exact) mass is 285 g/mol. The van der Waals surface area contributed by atoms with Gasteiger partial charge in [-0.2, -0.15) is 0 Å². The van der Waals surface area contributed by atoms with Crippen molar-refractivity contribution in [1.29, 1.82) is 0 Å². The predicted octanol–water partition coefficient (Wildman–Crippen LogP) is 5.44. The Hall–Kier alpha value is -0.980. The zero-order chi connectivity index (χ0) is 14.9. The molecule has 0 atom stereocenters. The molecule has 116 valence electrons. The molecule has 0 saturated heterocycles. The van der Waals surface area contributed by atoms with Crippen LogP contribution >= 0.6 is 0 Å². The van der Waals surface area contributed by atoms with Gasteiger partial charge in [-0.1, -0.05) is 26.8 Å². The number of rotatable bonds is 3. The molecule has 1 fully saturated rings. The summed E-state index contributed by atoms with van der Waals surface area (Å²) in [4.78, 5) is 0. The van der Waals surface area contributed by atoms with E-state index in [1.165, 1.54) is 50.6 Å². The van der Waals surface area contributed by atoms with Crippen molar-refractivity contribution in [3.05, 3.63) is 29.3 Å². The van der Waals surface area contributed by atoms with Gasteiger partial charge in [0.15, 0.2) is 0 Å². The van der Waals surface area contributed by atoms with Crippen LogP contribution in [0.5, 0.6) is 0 Å². The number of benzene rings is 1. The maximum Gasteiger partial charge on any atom is 0.0343 e. The number of hydrogen-bond donors (Lipinski definition) is 1. The molecule has 1 N–H and O–H groups in total. The first-order chi connectivity index (χ1) is 10.0. The number of anilines is 1. The Morgan fingerprint density at radius 2 is 1.71 bits per heavy atom. The highest BCUT2D eigenvalue weighted by Gasteiger charge is 2.29. The Morgan fingerprint density at radius 3 is 2.43 bits per heavy atom. The Bertz CT molecular complexity index is 475. The van der Waals surface area contributed by atoms with Gasteiger partial charge in [0.1, 0.15) is 0 Å². The minimum atomic E-state index is 0.498. The average molecular weight is 285 g/mol. The number of nitrogens with one attached hydrogen (secondary N) is 1. The summed E-state index contributed by atoms with van der Waals surface area (Å²) in [5.74, 6) is 1.80. The van der Waals surface area contributed by atoms with Gasteiger partial charge in [0.2, 0.25) is 0 Å². The molecule has 0 bridgehead atoms. The molecule has 0 aromatic heterocycles. The highest BCUT2D eigenvalue weighted by molar-refractivity contribution is 5.50. The summed E-state index contributed by atoms with van der Waals surface area (Å²) < 4.78 is 0. The lowest BCUT2D eigenvalue weighted by Gasteiger charge is -2.37. The van der Waals surface area contributed by atoms with Gasteiger partial charge in [0.25, 0.3) is 0 Å². The lowest BCUT2D eigenvalue weighted by atomic mass is 9.70. The fraction of sp³-hybridized carbons (Fsp3) is 0.700. The summed E-state index contributed by atoms with van der Waals surface area (Å²) in [6, 6.07) is 7.01. The minimum Gasteiger partial charge on any atom is -0.385 e. The summed E-state index contributed by atoms with van der Waals surface area (Å²) >= 11 is 0. The molecule has 1 heteroatoms. The van der Waals surface area contributed by atoms with Crippen molar-refractivity contribution in [2.75, 3.05) is 11.9 Å². The molecule has 0 heterocycles. The van der Waals surface area contributed by atoms with Gasteiger partial charge < -0.3 is 5.32 Å². The second kappa shape index (κ2) is 6.02. The van der Waals surface area contributed by atoms with Gasteiger partial charge in [-0.3, -0.25) is 0 Å². The maximum atomic E-state index is 3.70. The Morgan fingerprint density at radius 1 is 1.00 bits per heavy atom. The van der Waals surface area contributed by atoms with Crippen LogP contribution in [0.4, 0.5) is 5.69 Å². The smallest absolute Gasteiger partial charge is 0.0343 e. The first-order valence-electron chi connectivity index (χ1n) is 8.88. The number of aryl methyl sites for hydroxylation is 2. The number of fused-ring (bicyclic) bond motifs is 1. The Kier molecular flexibility index (Phi) is 4.28. The van der Waals surface area contributed by atoms with Crippen LogP contribution in [0.25, 0.3) is 0 Å². The molecule has 3 rings (SSSR count). The molecule has 0 aliphatic heterocycles. The zero-order valence-corrected chi connectivity index (χ0v) is 14.0. The highest BCUT2D eigenvalue weighted by atomic mass is 14.9. The summed E-state index contributed by atoms with van der Waals surface area (Å²) in [6.07, 6.45) is 9.55. The molecule has 21 heavy (non-hydrogen) atoms. The lowest BCUT2D eigenvalue weighted by Crippen LogP contribution is -2.28. The third-order valence-electron chi connectivity index (χ3n) is 5.76. The molecule has 0 radical (unpaired) electrons. The SMILES string of the molecule is CC(C)(C)C1CCC(CNc2ccc3c(c2)CCC3)CC1. The minimum absolute atomic E-state index is 0.498. The van der Waals surface area contributed by atoms with Crippen LogP contribution in [0, 0.1) is 17.3 Å². The van der Waals surface area contributed by atoms with Crippen molar-refractivity contribution in [2.24, 2.45) is 17.3 Å². The van der Waals surface area contributed by atoms with Crippen molar-refractivity contribution in [1.82, 2.24) is 0 Å². The Balaban J connectivity index is 1.48. The molecule has 0 spiro atoms. The van der Waals surface area contributed by atoms with E-state index in [-0.39, 0.29) is 0 Å². The van der Waals surface area contributed by atoms with Crippen molar-refractivity contribution >= 4 is 5.69 Å². The largest absolute Gasteiger partial charge is 0.385 e. The fourth-order valence-corrected chi connectivity index (χ4v) is 4.18. The summed E-state index contributed by atoms with van der Waals surface area (Å²) in [6.45, 7) is 8.37. The van der Waals surface area contributed by atoms with E-state index < -0.39 is 0 Å². The van der Waals surface area contributed by atoms with Gasteiger partial charge in [0, 0.05) is 12.2 Å². The van der Waals surface area contributed by atoms with Crippen molar-refractivity contribution in [2.45, 2.75) is 65.7 Å². The second-order valence-corrected chi connectivity index (χ2v) is 8.30. The van der Waals surface area contributed by atoms with Crippen LogP contribution in [0.3, 0.4) is 0 Å². The van der Waals surface area contributed by atoms with E-state index in [1.807, 2.05) is 0 Å². The van der Waals surface area contributed by atoms with E-state index in [1.54, 1.807) is 11.1 Å². The van der Waals surface area contributed by atoms with Crippen molar-refractivity contribution in [3.63, 3.8) is 0 Å². The molecule has 1 saturated carbocycles. The topological polar surface area (TPSA) is 12.0 Å². The van der Waals surface area contributed by atoms with Crippen LogP contribution in [-0.2, 0) is 12.8 Å². The molecular formula is C20H31N. The van der Waals surface area contributed by atoms with Crippen LogP contribution in [0.15, 0.2) is 18.2 Å². The molecular weight excluding hydrogens is 254 g/mol. The highest BCUT2D eigenvalue weighted by Crippen LogP contribution is 2.39. The van der Waals surface area contributed by atoms with Gasteiger partial charge in [-0.15, -0.1) is 0 Å². The molecule has 1 aromatic rings. The van der Waals surface area contributed by atoms with E-state index in [4.69, 9.17) is 0 Å². The fourth-order valence-electron chi connectivity index (χ4n) is 4.18. The summed E-state index contributed by atoms with van der Waals surface area (Å²) in [5.41, 5.74) is 4.99. The summed E-state index contributed by atoms with van der Waals surface area (Å²) in [5, 5.41) is 3.70. The van der Waals surface area contributed by atoms with Gasteiger partial charge in [0.05, 0.1) is 0 Å². The molecule has 0 unspecified atom stereocenters. The van der Waals surface area contributed by atoms with Crippen LogP contribution in [0.1, 0.15) is 64.0 Å². The van der Waals surface area contributed by atoms with E-state index in [9.17, 15) is 0 Å². The molecule has 1 aromatic carbocycles. The van der Waals surface area contributed by atoms with Crippen LogP contribution in [-0.4, -0.2) is 6.54 Å². The van der Waals surface area contributed by atoms with E-state index in [0.717, 1.165) is 18.4 Å². The molecule has 2 aliphatic rings. The van der Waals surface area contributed by atoms with E-state index in [0.29, 0.717) is 5.41 Å². The molecule has 0 amide bonds. The zero-order valence-electron chi connectivity index (χ0n) is 14.0. The van der Waals surface area contributed by atoms with E-state index in [2.05, 4.69) is 44.3 Å². The average Bonchev–Trinajstić information content (AvgIpc) is 2.92. The third kappa shape index (κ3) is 3.62. The number of hydrogen-bond acceptors (Lipinski definition) is 1. The third-order valence-corrected chi connectivity index (χ3v) is 5.76. The van der Waals surface area contributed by atoms with Crippen molar-refractivity contribution in [3.8, 4) is 0 Å². The normalized spacial score (nSPS) is 25.7. The lowest BCUT2D eigenvalue weighted by molar-refractivity contribution is 0.153. The van der Waals surface area contributed by atoms with Gasteiger partial charge in [-0.25, -0.2) is 0 Å². The molecule has 2 aliphatic carbocycles. The van der Waals surface area contributed by atoms with E-state index >= 15 is 0 Å². The first kappa shape index (κ1) is 14.9. The van der Waals surface area contributed by atoms with Crippen molar-refractivity contribution < 1.29 is 0 Å². The quantitative estimate of drug-likeness (QED) is 0.779. The maximum absolute atomic E-state index is 3.70. The predicted molar refractivity (Wildman–Crippen MR) is 91.9 cm³/mol. The Labute approximate surface area is 130 Å². The van der Waals surface area contributed by atoms with Gasteiger partial charge in [-0.05, 0) is 85.5 Å². The molecule has 1 nitrogen and oxygen atoms in total. The standard InChI is InChI=1S/C20H31N/c1-20(2,3)18-10-7-15(8-11-18)14-21-19-12-9-16-5-4-6-17(16)13-19/h9,12-13,15,18,21H,4-8,10-11,14H2,1-3H3.